The quantitative estimate of drug-likeness (QED) is 0.825. The van der Waals surface area contributed by atoms with Gasteiger partial charge in [-0.15, -0.1) is 0 Å². The van der Waals surface area contributed by atoms with Crippen LogP contribution < -0.4 is 5.32 Å². The molecule has 5 nitrogen and oxygen atoms in total. The SMILES string of the molecule is CC(C)NC(=O)CN(C)C(=O)c1ccoc1. The van der Waals surface area contributed by atoms with Gasteiger partial charge >= 0.3 is 0 Å². The number of amides is 2. The largest absolute Gasteiger partial charge is 0.472 e. The molecule has 1 rings (SSSR count). The topological polar surface area (TPSA) is 62.6 Å². The Labute approximate surface area is 94.4 Å². The van der Waals surface area contributed by atoms with Crippen LogP contribution in [-0.2, 0) is 4.79 Å². The van der Waals surface area contributed by atoms with E-state index in [2.05, 4.69) is 5.32 Å². The molecule has 16 heavy (non-hydrogen) atoms. The molecule has 1 N–H and O–H groups in total. The van der Waals surface area contributed by atoms with E-state index in [-0.39, 0.29) is 24.4 Å². The van der Waals surface area contributed by atoms with Gasteiger partial charge in [-0.05, 0) is 19.9 Å². The zero-order valence-corrected chi connectivity index (χ0v) is 9.69. The lowest BCUT2D eigenvalue weighted by molar-refractivity contribution is -0.122. The van der Waals surface area contributed by atoms with E-state index in [0.717, 1.165) is 0 Å². The zero-order valence-electron chi connectivity index (χ0n) is 9.69. The molecule has 0 saturated heterocycles. The molecule has 88 valence electrons. The van der Waals surface area contributed by atoms with Crippen molar-refractivity contribution in [1.82, 2.24) is 10.2 Å². The van der Waals surface area contributed by atoms with Crippen LogP contribution in [0.25, 0.3) is 0 Å². The average Bonchev–Trinajstić information content (AvgIpc) is 2.67. The van der Waals surface area contributed by atoms with Gasteiger partial charge in [-0.2, -0.15) is 0 Å². The van der Waals surface area contributed by atoms with E-state index in [1.165, 1.54) is 17.4 Å². The van der Waals surface area contributed by atoms with Crippen molar-refractivity contribution in [3.63, 3.8) is 0 Å². The van der Waals surface area contributed by atoms with Gasteiger partial charge in [0.15, 0.2) is 0 Å². The normalized spacial score (nSPS) is 10.2. The molecule has 1 heterocycles. The lowest BCUT2D eigenvalue weighted by atomic mass is 10.3. The molecule has 0 unspecified atom stereocenters. The number of hydrogen-bond donors (Lipinski definition) is 1. The average molecular weight is 224 g/mol. The highest BCUT2D eigenvalue weighted by molar-refractivity contribution is 5.95. The lowest BCUT2D eigenvalue weighted by Gasteiger charge is -2.16. The van der Waals surface area contributed by atoms with Crippen molar-refractivity contribution in [3.05, 3.63) is 24.2 Å². The standard InChI is InChI=1S/C11H16N2O3/c1-8(2)12-10(14)6-13(3)11(15)9-4-5-16-7-9/h4-5,7-8H,6H2,1-3H3,(H,12,14). The van der Waals surface area contributed by atoms with Gasteiger partial charge in [-0.1, -0.05) is 0 Å². The molecular formula is C11H16N2O3. The van der Waals surface area contributed by atoms with Crippen LogP contribution in [-0.4, -0.2) is 36.3 Å². The van der Waals surface area contributed by atoms with Gasteiger partial charge in [0, 0.05) is 13.1 Å². The summed E-state index contributed by atoms with van der Waals surface area (Å²) in [7, 11) is 1.58. The van der Waals surface area contributed by atoms with E-state index in [0.29, 0.717) is 5.56 Å². The number of carbonyl (C=O) groups is 2. The summed E-state index contributed by atoms with van der Waals surface area (Å²) < 4.78 is 4.81. The van der Waals surface area contributed by atoms with Gasteiger partial charge in [0.25, 0.3) is 5.91 Å². The number of likely N-dealkylation sites (N-methyl/N-ethyl adjacent to an activating group) is 1. The molecule has 2 amide bonds. The third kappa shape index (κ3) is 3.42. The first-order valence-electron chi connectivity index (χ1n) is 5.07. The Bertz CT molecular complexity index is 357. The minimum Gasteiger partial charge on any atom is -0.472 e. The fourth-order valence-corrected chi connectivity index (χ4v) is 1.26. The van der Waals surface area contributed by atoms with Crippen LogP contribution in [0.2, 0.25) is 0 Å². The molecule has 1 aromatic heterocycles. The van der Waals surface area contributed by atoms with Gasteiger partial charge in [0.2, 0.25) is 5.91 Å². The fraction of sp³-hybridized carbons (Fsp3) is 0.455. The Kier molecular flexibility index (Phi) is 4.10. The Balaban J connectivity index is 2.49. The second-order valence-electron chi connectivity index (χ2n) is 3.90. The van der Waals surface area contributed by atoms with E-state index in [4.69, 9.17) is 4.42 Å². The van der Waals surface area contributed by atoms with Crippen LogP contribution in [0.15, 0.2) is 23.0 Å². The van der Waals surface area contributed by atoms with Crippen LogP contribution in [0.3, 0.4) is 0 Å². The Morgan fingerprint density at radius 3 is 2.69 bits per heavy atom. The van der Waals surface area contributed by atoms with E-state index in [1.54, 1.807) is 13.1 Å². The molecule has 0 saturated carbocycles. The van der Waals surface area contributed by atoms with Crippen molar-refractivity contribution in [1.29, 1.82) is 0 Å². The van der Waals surface area contributed by atoms with E-state index in [1.807, 2.05) is 13.8 Å². The van der Waals surface area contributed by atoms with Crippen LogP contribution >= 0.6 is 0 Å². The second-order valence-corrected chi connectivity index (χ2v) is 3.90. The highest BCUT2D eigenvalue weighted by atomic mass is 16.3. The molecule has 5 heteroatoms. The second kappa shape index (κ2) is 5.34. The summed E-state index contributed by atoms with van der Waals surface area (Å²) in [4.78, 5) is 24.5. The van der Waals surface area contributed by atoms with E-state index < -0.39 is 0 Å². The van der Waals surface area contributed by atoms with E-state index >= 15 is 0 Å². The number of hydrogen-bond acceptors (Lipinski definition) is 3. The summed E-state index contributed by atoms with van der Waals surface area (Å²) in [5, 5.41) is 2.72. The third-order valence-electron chi connectivity index (χ3n) is 1.95. The first kappa shape index (κ1) is 12.3. The smallest absolute Gasteiger partial charge is 0.257 e. The molecule has 0 aliphatic carbocycles. The minimum absolute atomic E-state index is 0.0438. The third-order valence-corrected chi connectivity index (χ3v) is 1.95. The monoisotopic (exact) mass is 224 g/mol. The van der Waals surface area contributed by atoms with Crippen molar-refractivity contribution < 1.29 is 14.0 Å². The van der Waals surface area contributed by atoms with Gasteiger partial charge in [0.05, 0.1) is 18.4 Å². The van der Waals surface area contributed by atoms with E-state index in [9.17, 15) is 9.59 Å². The van der Waals surface area contributed by atoms with Crippen molar-refractivity contribution in [2.45, 2.75) is 19.9 Å². The molecule has 0 fully saturated rings. The Morgan fingerprint density at radius 2 is 2.19 bits per heavy atom. The van der Waals surface area contributed by atoms with Gasteiger partial charge in [-0.3, -0.25) is 9.59 Å². The predicted octanol–water partition coefficient (Wildman–Crippen LogP) is 0.876. The van der Waals surface area contributed by atoms with Crippen molar-refractivity contribution in [2.24, 2.45) is 0 Å². The first-order valence-corrected chi connectivity index (χ1v) is 5.07. The predicted molar refractivity (Wildman–Crippen MR) is 58.9 cm³/mol. The molecule has 1 aromatic rings. The molecule has 0 atom stereocenters. The molecule has 0 bridgehead atoms. The molecule has 0 aliphatic rings. The number of nitrogens with zero attached hydrogens (tertiary/aromatic N) is 1. The van der Waals surface area contributed by atoms with Crippen LogP contribution in [0.1, 0.15) is 24.2 Å². The lowest BCUT2D eigenvalue weighted by Crippen LogP contribution is -2.40. The molecule has 0 spiro atoms. The maximum Gasteiger partial charge on any atom is 0.257 e. The summed E-state index contributed by atoms with van der Waals surface area (Å²) in [5.74, 6) is -0.401. The maximum absolute atomic E-state index is 11.7. The summed E-state index contributed by atoms with van der Waals surface area (Å²) in [5.41, 5.74) is 0.444. The highest BCUT2D eigenvalue weighted by Gasteiger charge is 2.15. The maximum atomic E-state index is 11.7. The summed E-state index contributed by atoms with van der Waals surface area (Å²) >= 11 is 0. The number of furan rings is 1. The zero-order chi connectivity index (χ0) is 12.1. The molecule has 0 radical (unpaired) electrons. The Hall–Kier alpha value is -1.78. The number of carbonyl (C=O) groups excluding carboxylic acids is 2. The van der Waals surface area contributed by atoms with Gasteiger partial charge in [-0.25, -0.2) is 0 Å². The van der Waals surface area contributed by atoms with Crippen molar-refractivity contribution in [2.75, 3.05) is 13.6 Å². The Morgan fingerprint density at radius 1 is 1.50 bits per heavy atom. The van der Waals surface area contributed by atoms with Crippen LogP contribution in [0.5, 0.6) is 0 Å². The number of rotatable bonds is 4. The summed E-state index contributed by atoms with van der Waals surface area (Å²) in [6.45, 7) is 3.79. The summed E-state index contributed by atoms with van der Waals surface area (Å²) in [6.07, 6.45) is 2.79. The first-order chi connectivity index (χ1) is 7.50. The number of nitrogens with one attached hydrogen (secondary N) is 1. The molecule has 0 aliphatic heterocycles. The highest BCUT2D eigenvalue weighted by Crippen LogP contribution is 2.03. The van der Waals surface area contributed by atoms with Crippen molar-refractivity contribution >= 4 is 11.8 Å². The van der Waals surface area contributed by atoms with Gasteiger partial charge < -0.3 is 14.6 Å². The molecular weight excluding hydrogens is 208 g/mol. The van der Waals surface area contributed by atoms with Crippen LogP contribution in [0.4, 0.5) is 0 Å². The molecule has 0 aromatic carbocycles. The minimum atomic E-state index is -0.229. The summed E-state index contributed by atoms with van der Waals surface area (Å²) in [6, 6.07) is 1.64. The fourth-order valence-electron chi connectivity index (χ4n) is 1.26. The van der Waals surface area contributed by atoms with Crippen LogP contribution in [0, 0.1) is 0 Å². The van der Waals surface area contributed by atoms with Crippen molar-refractivity contribution in [3.8, 4) is 0 Å². The van der Waals surface area contributed by atoms with Gasteiger partial charge in [0.1, 0.15) is 6.26 Å².